The molecule has 1 aliphatic heterocycles. The van der Waals surface area contributed by atoms with Crippen molar-refractivity contribution in [1.82, 2.24) is 0 Å². The fourth-order valence-electron chi connectivity index (χ4n) is 33.3. The summed E-state index contributed by atoms with van der Waals surface area (Å²) in [5.41, 5.74) is 47.9. The normalized spacial score (nSPS) is 45.9. The largest absolute Gasteiger partial charge is 0.112 e. The first-order valence-corrected chi connectivity index (χ1v) is 31.3. The molecule has 0 bridgehead atoms. The van der Waals surface area contributed by atoms with Gasteiger partial charge in [-0.25, -0.2) is 0 Å². The fourth-order valence-corrected chi connectivity index (χ4v) is 35.5. The number of thioether (sulfide) groups is 1. The first kappa shape index (κ1) is 30.7. The van der Waals surface area contributed by atoms with E-state index in [9.17, 15) is 0 Å². The highest BCUT2D eigenvalue weighted by Gasteiger charge is 2.89. The van der Waals surface area contributed by atoms with Gasteiger partial charge in [0.15, 0.2) is 0 Å². The van der Waals surface area contributed by atoms with Crippen molar-refractivity contribution in [2.24, 2.45) is 11.8 Å². The Morgan fingerprint density at radius 2 is 0.667 bits per heavy atom. The molecule has 0 aromatic heterocycles. The predicted molar refractivity (Wildman–Crippen MR) is 293 cm³/mol. The average Bonchev–Trinajstić information content (AvgIpc) is 4.37. The first-order valence-electron chi connectivity index (χ1n) is 30.5. The van der Waals surface area contributed by atoms with Crippen molar-refractivity contribution >= 4 is 109 Å². The molecule has 1 fully saturated rings. The van der Waals surface area contributed by atoms with Gasteiger partial charge in [-0.05, 0) is 354 Å². The molecule has 1 heterocycles. The van der Waals surface area contributed by atoms with E-state index in [1.54, 1.807) is 21.2 Å². The number of rotatable bonds is 0. The molecule has 35 rings (SSSR count). The van der Waals surface area contributed by atoms with Crippen molar-refractivity contribution in [1.29, 1.82) is 0 Å². The van der Waals surface area contributed by atoms with Crippen molar-refractivity contribution in [3.8, 4) is 11.1 Å². The summed E-state index contributed by atoms with van der Waals surface area (Å²) in [6, 6.07) is 13.3. The van der Waals surface area contributed by atoms with Crippen LogP contribution in [-0.2, 0) is 15.6 Å². The van der Waals surface area contributed by atoms with Crippen LogP contribution in [0.25, 0.3) is 108 Å². The maximum absolute atomic E-state index is 2.91. The third-order valence-corrected chi connectivity index (χ3v) is 33.8. The van der Waals surface area contributed by atoms with Gasteiger partial charge >= 0.3 is 0 Å². The third kappa shape index (κ3) is 1.76. The van der Waals surface area contributed by atoms with Gasteiger partial charge < -0.3 is 0 Å². The van der Waals surface area contributed by atoms with Gasteiger partial charge in [-0.2, -0.15) is 0 Å². The van der Waals surface area contributed by atoms with Gasteiger partial charge in [0.25, 0.3) is 0 Å². The minimum atomic E-state index is -0.0214. The number of benzene rings is 11. The molecule has 0 saturated heterocycles. The average molecular weight is 955 g/mol. The Labute approximate surface area is 429 Å². The second-order valence-corrected chi connectivity index (χ2v) is 33.5. The van der Waals surface area contributed by atoms with Crippen molar-refractivity contribution in [2.75, 3.05) is 0 Å². The van der Waals surface area contributed by atoms with Crippen LogP contribution in [0.3, 0.4) is 0 Å². The van der Waals surface area contributed by atoms with E-state index in [-0.39, 0.29) is 15.6 Å². The highest BCUT2D eigenvalue weighted by Crippen LogP contribution is 3.01. The highest BCUT2D eigenvalue weighted by atomic mass is 32.2. The number of hydrogen-bond donors (Lipinski definition) is 0. The molecule has 0 N–H and O–H groups in total. The standard InChI is InChI=1S/C74H34S/c1-72(2,3)11-6-4-5-10-9(11)7-8-12-71(10)75-74-69-63-57-47-35-27-19-15-13-14-17-21(19)29(35)39-33-25(17)26-18(14)22-20-16(13)24-23(15)31-37(27)45-51-41(31)42-32(24)38-28(20)36-30(22)40-34(26)44-43(33)55(49(39)57)65(69)66-56(44)50(40)58-48(36)54-46(38)52(42)60-59(51)67(61(63)53(45)47)73(12,74)68(60)62(54)64(58)70(66)74/h4-8,15,17,19,21,23,25,31,33,41-44,52,56,60,62,64,66,68,70H,1-3H3. The van der Waals surface area contributed by atoms with Crippen LogP contribution in [-0.4, -0.2) is 0 Å². The lowest BCUT2D eigenvalue weighted by Gasteiger charge is -2.65. The van der Waals surface area contributed by atoms with E-state index in [2.05, 4.69) is 74.0 Å². The lowest BCUT2D eigenvalue weighted by atomic mass is 9.39. The zero-order chi connectivity index (χ0) is 45.1. The highest BCUT2D eigenvalue weighted by molar-refractivity contribution is 8.01. The van der Waals surface area contributed by atoms with Crippen LogP contribution >= 0.6 is 11.8 Å². The summed E-state index contributed by atoms with van der Waals surface area (Å²) in [5.74, 6) is 13.0. The summed E-state index contributed by atoms with van der Waals surface area (Å²) < 4.78 is 0.00883. The van der Waals surface area contributed by atoms with E-state index in [0.717, 1.165) is 0 Å². The second-order valence-electron chi connectivity index (χ2n) is 32.2. The Kier molecular flexibility index (Phi) is 2.93. The van der Waals surface area contributed by atoms with Gasteiger partial charge in [0.05, 0.1) is 4.75 Å². The smallest absolute Gasteiger partial charge is 0.0645 e. The molecule has 1 saturated carbocycles. The maximum Gasteiger partial charge on any atom is 0.0645 e. The predicted octanol–water partition coefficient (Wildman–Crippen LogP) is 17.0. The lowest BCUT2D eigenvalue weighted by Crippen LogP contribution is -2.62. The Morgan fingerprint density at radius 1 is 0.320 bits per heavy atom. The van der Waals surface area contributed by atoms with E-state index in [4.69, 9.17) is 0 Å². The molecule has 12 aromatic carbocycles. The summed E-state index contributed by atoms with van der Waals surface area (Å²) >= 11 is 2.61. The molecule has 0 radical (unpaired) electrons. The monoisotopic (exact) mass is 954 g/mol. The van der Waals surface area contributed by atoms with Gasteiger partial charge in [-0.3, -0.25) is 0 Å². The van der Waals surface area contributed by atoms with Gasteiger partial charge in [-0.15, -0.1) is 11.8 Å². The van der Waals surface area contributed by atoms with Crippen molar-refractivity contribution in [3.63, 3.8) is 0 Å². The van der Waals surface area contributed by atoms with Gasteiger partial charge in [-0.1, -0.05) is 51.1 Å². The van der Waals surface area contributed by atoms with Crippen LogP contribution in [0.1, 0.15) is 250 Å². The minimum Gasteiger partial charge on any atom is -0.112 e. The molecule has 12 aromatic rings. The molecule has 2 spiro atoms. The molecule has 22 unspecified atom stereocenters. The third-order valence-electron chi connectivity index (χ3n) is 32.0. The van der Waals surface area contributed by atoms with Gasteiger partial charge in [0.1, 0.15) is 0 Å². The Balaban J connectivity index is 0.966. The fraction of sp³-hybridized carbons (Fsp3) is 0.351. The first-order chi connectivity index (χ1) is 37.0. The quantitative estimate of drug-likeness (QED) is 0.137. The molecule has 75 heavy (non-hydrogen) atoms. The zero-order valence-corrected chi connectivity index (χ0v) is 41.7. The summed E-state index contributed by atoms with van der Waals surface area (Å²) in [7, 11) is 0. The number of fused-ring (bicyclic) bond motifs is 3. The number of hydrogen-bond acceptors (Lipinski definition) is 1. The molecule has 0 nitrogen and oxygen atoms in total. The van der Waals surface area contributed by atoms with Crippen molar-refractivity contribution < 1.29 is 0 Å². The second kappa shape index (κ2) is 7.15. The van der Waals surface area contributed by atoms with E-state index < -0.39 is 0 Å². The van der Waals surface area contributed by atoms with Crippen LogP contribution in [0.5, 0.6) is 0 Å². The molecule has 22 aliphatic carbocycles. The zero-order valence-electron chi connectivity index (χ0n) is 40.8. The summed E-state index contributed by atoms with van der Waals surface area (Å²) in [5, 5.41) is 33.8. The lowest BCUT2D eigenvalue weighted by molar-refractivity contribution is 0.0342. The Bertz CT molecular complexity index is 5910. The van der Waals surface area contributed by atoms with Gasteiger partial charge in [0, 0.05) is 10.3 Å². The summed E-state index contributed by atoms with van der Waals surface area (Å²) in [6.45, 7) is 7.46. The molecule has 22 atom stereocenters. The van der Waals surface area contributed by atoms with Gasteiger partial charge in [0.2, 0.25) is 0 Å². The maximum atomic E-state index is 2.91. The molecule has 336 valence electrons. The topological polar surface area (TPSA) is 0 Å². The van der Waals surface area contributed by atoms with E-state index in [0.29, 0.717) is 118 Å². The van der Waals surface area contributed by atoms with E-state index >= 15 is 0 Å². The molecule has 23 aliphatic rings. The molecular formula is C74H34S. The van der Waals surface area contributed by atoms with Crippen LogP contribution < -0.4 is 0 Å². The summed E-state index contributed by atoms with van der Waals surface area (Å²) in [4.78, 5) is 1.75. The Morgan fingerprint density at radius 3 is 1.13 bits per heavy atom. The van der Waals surface area contributed by atoms with Crippen LogP contribution in [0.2, 0.25) is 0 Å². The van der Waals surface area contributed by atoms with Crippen molar-refractivity contribution in [3.05, 3.63) is 153 Å². The van der Waals surface area contributed by atoms with Crippen LogP contribution in [0, 0.1) is 11.8 Å². The van der Waals surface area contributed by atoms with Crippen molar-refractivity contribution in [2.45, 2.75) is 148 Å². The minimum absolute atomic E-state index is 0.00883. The van der Waals surface area contributed by atoms with E-state index in [1.807, 2.05) is 203 Å². The SMILES string of the molecule is CC(C)(C)c1cccc2c3c(ccc12)C12c4c5c6c7c8c9c%10c%11c%12c%13c%14c%15c(c%16c%13c%10c7c4-%16)C1(S3)C1C%15C3c4c7c%10c%13c%15c%16c%17c%18c%19c%20c%21c%22c%23c(c4c4c%22c%19c%16c%104)C3C%14C%12C%23C%21C%11C9C%20C%18C8C6C%17C%15C5C2C%13C71. The van der Waals surface area contributed by atoms with Crippen LogP contribution in [0.15, 0.2) is 35.2 Å². The summed E-state index contributed by atoms with van der Waals surface area (Å²) in [6.07, 6.45) is 0. The molecular weight excluding hydrogens is 921 g/mol. The van der Waals surface area contributed by atoms with E-state index in [1.165, 1.54) is 0 Å². The Hall–Kier alpha value is -5.89. The van der Waals surface area contributed by atoms with Crippen LogP contribution in [0.4, 0.5) is 0 Å². The molecule has 0 amide bonds. The molecule has 1 heteroatoms.